The summed E-state index contributed by atoms with van der Waals surface area (Å²) in [5.41, 5.74) is 1.05. The Labute approximate surface area is 88.3 Å². The molecular formula is C11H16BrF. The molecule has 0 aromatic heterocycles. The summed E-state index contributed by atoms with van der Waals surface area (Å²) in [5.74, 6) is -0.156. The Kier molecular flexibility index (Phi) is 6.87. The van der Waals surface area contributed by atoms with Gasteiger partial charge in [0.25, 0.3) is 0 Å². The first kappa shape index (κ1) is 12.6. The summed E-state index contributed by atoms with van der Waals surface area (Å²) in [5, 5.41) is 0. The molecule has 2 heteroatoms. The van der Waals surface area contributed by atoms with Gasteiger partial charge < -0.3 is 0 Å². The third kappa shape index (κ3) is 4.41. The molecule has 0 aliphatic heterocycles. The van der Waals surface area contributed by atoms with Crippen LogP contribution in [0.3, 0.4) is 0 Å². The van der Waals surface area contributed by atoms with E-state index in [0.29, 0.717) is 0 Å². The highest BCUT2D eigenvalue weighted by Crippen LogP contribution is 2.18. The summed E-state index contributed by atoms with van der Waals surface area (Å²) in [4.78, 5) is 0. The van der Waals surface area contributed by atoms with E-state index in [1.807, 2.05) is 13.8 Å². The fourth-order valence-corrected chi connectivity index (χ4v) is 1.45. The highest BCUT2D eigenvalue weighted by atomic mass is 79.9. The fourth-order valence-electron chi connectivity index (χ4n) is 1.00. The van der Waals surface area contributed by atoms with Gasteiger partial charge in [-0.2, -0.15) is 0 Å². The van der Waals surface area contributed by atoms with E-state index in [-0.39, 0.29) is 5.82 Å². The fraction of sp³-hybridized carbons (Fsp3) is 0.455. The molecule has 13 heavy (non-hydrogen) atoms. The molecule has 0 aliphatic rings. The van der Waals surface area contributed by atoms with Crippen LogP contribution in [0.15, 0.2) is 22.7 Å². The first-order valence-corrected chi connectivity index (χ1v) is 5.47. The van der Waals surface area contributed by atoms with Crippen molar-refractivity contribution in [1.29, 1.82) is 0 Å². The molecule has 74 valence electrons. The first-order valence-electron chi connectivity index (χ1n) is 4.68. The summed E-state index contributed by atoms with van der Waals surface area (Å²) in [7, 11) is 0. The van der Waals surface area contributed by atoms with Gasteiger partial charge in [-0.1, -0.05) is 43.1 Å². The number of hydrogen-bond acceptors (Lipinski definition) is 0. The van der Waals surface area contributed by atoms with Crippen molar-refractivity contribution in [3.8, 4) is 0 Å². The largest absolute Gasteiger partial charge is 0.207 e. The Morgan fingerprint density at radius 3 is 2.46 bits per heavy atom. The Bertz CT molecular complexity index is 246. The second-order valence-electron chi connectivity index (χ2n) is 2.49. The lowest BCUT2D eigenvalue weighted by molar-refractivity contribution is 0.624. The molecule has 0 atom stereocenters. The molecule has 0 bridgehead atoms. The van der Waals surface area contributed by atoms with E-state index in [0.717, 1.165) is 22.9 Å². The number of halogens is 2. The van der Waals surface area contributed by atoms with E-state index in [2.05, 4.69) is 22.9 Å². The molecule has 0 unspecified atom stereocenters. The molecule has 0 spiro atoms. The quantitative estimate of drug-likeness (QED) is 0.718. The highest BCUT2D eigenvalue weighted by molar-refractivity contribution is 9.10. The minimum absolute atomic E-state index is 0.156. The molecule has 1 rings (SSSR count). The van der Waals surface area contributed by atoms with Gasteiger partial charge in [-0.15, -0.1) is 0 Å². The van der Waals surface area contributed by atoms with Crippen LogP contribution in [0.4, 0.5) is 4.39 Å². The smallest absolute Gasteiger partial charge is 0.123 e. The lowest BCUT2D eigenvalue weighted by Crippen LogP contribution is -1.86. The summed E-state index contributed by atoms with van der Waals surface area (Å²) >= 11 is 3.36. The number of rotatable bonds is 2. The minimum atomic E-state index is -0.156. The molecule has 0 heterocycles. The number of hydrogen-bond donors (Lipinski definition) is 0. The molecule has 0 amide bonds. The molecule has 0 aliphatic carbocycles. The maximum Gasteiger partial charge on any atom is 0.123 e. The van der Waals surface area contributed by atoms with Crippen LogP contribution in [0, 0.1) is 5.82 Å². The van der Waals surface area contributed by atoms with Gasteiger partial charge in [0.2, 0.25) is 0 Å². The van der Waals surface area contributed by atoms with Crippen LogP contribution in [0.2, 0.25) is 0 Å². The Morgan fingerprint density at radius 1 is 1.31 bits per heavy atom. The summed E-state index contributed by atoms with van der Waals surface area (Å²) in [6, 6.07) is 4.79. The topological polar surface area (TPSA) is 0 Å². The first-order chi connectivity index (χ1) is 6.24. The van der Waals surface area contributed by atoms with Crippen LogP contribution < -0.4 is 0 Å². The average molecular weight is 247 g/mol. The second-order valence-corrected chi connectivity index (χ2v) is 3.34. The van der Waals surface area contributed by atoms with Crippen LogP contribution >= 0.6 is 15.9 Å². The van der Waals surface area contributed by atoms with E-state index < -0.39 is 0 Å². The van der Waals surface area contributed by atoms with E-state index in [1.165, 1.54) is 6.07 Å². The van der Waals surface area contributed by atoms with Crippen LogP contribution in [0.1, 0.15) is 32.8 Å². The van der Waals surface area contributed by atoms with Gasteiger partial charge in [-0.3, -0.25) is 0 Å². The minimum Gasteiger partial charge on any atom is -0.207 e. The van der Waals surface area contributed by atoms with E-state index in [1.54, 1.807) is 12.1 Å². The van der Waals surface area contributed by atoms with Gasteiger partial charge in [0.05, 0.1) is 0 Å². The van der Waals surface area contributed by atoms with E-state index in [9.17, 15) is 4.39 Å². The average Bonchev–Trinajstić information content (AvgIpc) is 2.15. The van der Waals surface area contributed by atoms with Gasteiger partial charge in [0.15, 0.2) is 0 Å². The molecule has 0 radical (unpaired) electrons. The predicted molar refractivity (Wildman–Crippen MR) is 59.4 cm³/mol. The third-order valence-corrected chi connectivity index (χ3v) is 2.30. The predicted octanol–water partition coefficient (Wildman–Crippen LogP) is 4.57. The van der Waals surface area contributed by atoms with Crippen LogP contribution in [-0.4, -0.2) is 0 Å². The number of benzene rings is 1. The Morgan fingerprint density at radius 2 is 1.92 bits per heavy atom. The van der Waals surface area contributed by atoms with Gasteiger partial charge in [-0.25, -0.2) is 4.39 Å². The lowest BCUT2D eigenvalue weighted by atomic mass is 10.1. The maximum absolute atomic E-state index is 12.6. The third-order valence-electron chi connectivity index (χ3n) is 1.53. The van der Waals surface area contributed by atoms with Crippen LogP contribution in [0.5, 0.6) is 0 Å². The molecule has 0 saturated carbocycles. The van der Waals surface area contributed by atoms with Gasteiger partial charge in [0.1, 0.15) is 5.82 Å². The van der Waals surface area contributed by atoms with Gasteiger partial charge in [-0.05, 0) is 30.2 Å². The highest BCUT2D eigenvalue weighted by Gasteiger charge is 1.99. The van der Waals surface area contributed by atoms with Gasteiger partial charge in [0, 0.05) is 4.47 Å². The summed E-state index contributed by atoms with van der Waals surface area (Å²) in [6.45, 7) is 6.08. The van der Waals surface area contributed by atoms with E-state index in [4.69, 9.17) is 0 Å². The monoisotopic (exact) mass is 246 g/mol. The zero-order valence-corrected chi connectivity index (χ0v) is 9.99. The molecule has 1 aromatic carbocycles. The lowest BCUT2D eigenvalue weighted by Gasteiger charge is -2.01. The molecular weight excluding hydrogens is 231 g/mol. The van der Waals surface area contributed by atoms with Crippen molar-refractivity contribution in [1.82, 2.24) is 0 Å². The molecule has 0 saturated heterocycles. The molecule has 0 fully saturated rings. The van der Waals surface area contributed by atoms with Crippen molar-refractivity contribution in [3.63, 3.8) is 0 Å². The molecule has 0 nitrogen and oxygen atoms in total. The zero-order valence-electron chi connectivity index (χ0n) is 8.40. The molecule has 1 aromatic rings. The zero-order chi connectivity index (χ0) is 10.3. The van der Waals surface area contributed by atoms with Crippen LogP contribution in [-0.2, 0) is 6.42 Å². The van der Waals surface area contributed by atoms with Crippen molar-refractivity contribution < 1.29 is 4.39 Å². The number of aryl methyl sites for hydroxylation is 1. The van der Waals surface area contributed by atoms with Crippen molar-refractivity contribution in [2.75, 3.05) is 0 Å². The van der Waals surface area contributed by atoms with Crippen molar-refractivity contribution >= 4 is 15.9 Å². The maximum atomic E-state index is 12.6. The van der Waals surface area contributed by atoms with Gasteiger partial charge >= 0.3 is 0 Å². The SMILES string of the molecule is CC.CCCc1cc(F)ccc1Br. The molecule has 0 N–H and O–H groups in total. The van der Waals surface area contributed by atoms with E-state index >= 15 is 0 Å². The normalized spacial score (nSPS) is 9.00. The summed E-state index contributed by atoms with van der Waals surface area (Å²) < 4.78 is 13.7. The van der Waals surface area contributed by atoms with Crippen molar-refractivity contribution in [2.24, 2.45) is 0 Å². The van der Waals surface area contributed by atoms with Crippen molar-refractivity contribution in [3.05, 3.63) is 34.1 Å². The summed E-state index contributed by atoms with van der Waals surface area (Å²) in [6.07, 6.45) is 1.97. The second kappa shape index (κ2) is 7.07. The Hall–Kier alpha value is -0.370. The van der Waals surface area contributed by atoms with Crippen molar-refractivity contribution in [2.45, 2.75) is 33.6 Å². The van der Waals surface area contributed by atoms with Crippen LogP contribution in [0.25, 0.3) is 0 Å². The standard InChI is InChI=1S/C9H10BrF.C2H6/c1-2-3-7-6-8(11)4-5-9(7)10;1-2/h4-6H,2-3H2,1H3;1-2H3. The Balaban J connectivity index is 0.000000671.